The monoisotopic (exact) mass is 728 g/mol. The van der Waals surface area contributed by atoms with Gasteiger partial charge in [-0.25, -0.2) is 5.43 Å². The summed E-state index contributed by atoms with van der Waals surface area (Å²) in [6.45, 7) is -1.21. The number of amides is 1. The van der Waals surface area contributed by atoms with Gasteiger partial charge in [0.1, 0.15) is 24.4 Å². The topological polar surface area (TPSA) is 206 Å². The van der Waals surface area contributed by atoms with Gasteiger partial charge in [0.2, 0.25) is 17.5 Å². The molecule has 0 spiro atoms. The molecule has 4 aromatic carbocycles. The molecular weight excluding hydrogens is 685 g/mol. The van der Waals surface area contributed by atoms with Gasteiger partial charge >= 0.3 is 0 Å². The van der Waals surface area contributed by atoms with Crippen LogP contribution >= 0.6 is 11.8 Å². The highest BCUT2D eigenvalue weighted by Gasteiger charge is 2.46. The molecule has 0 bridgehead atoms. The fraction of sp³-hybridized carbons (Fsp3) is 0.308. The molecule has 52 heavy (non-hydrogen) atoms. The van der Waals surface area contributed by atoms with Crippen LogP contribution in [-0.2, 0) is 35.0 Å². The smallest absolute Gasteiger partial charge is 0.230 e. The highest BCUT2D eigenvalue weighted by atomic mass is 32.2. The van der Waals surface area contributed by atoms with Crippen molar-refractivity contribution in [3.63, 3.8) is 0 Å². The summed E-state index contributed by atoms with van der Waals surface area (Å²) >= 11 is 1.37. The quantitative estimate of drug-likeness (QED) is 0.0355. The molecule has 0 aliphatic carbocycles. The lowest BCUT2D eigenvalue weighted by atomic mass is 9.84. The minimum atomic E-state index is -1.63. The van der Waals surface area contributed by atoms with Crippen LogP contribution < -0.4 is 22.3 Å². The molecule has 1 saturated heterocycles. The third-order valence-electron chi connectivity index (χ3n) is 8.99. The van der Waals surface area contributed by atoms with Gasteiger partial charge in [-0.15, -0.1) is 11.8 Å². The van der Waals surface area contributed by atoms with Gasteiger partial charge in [-0.2, -0.15) is 0 Å². The second kappa shape index (κ2) is 18.5. The maximum Gasteiger partial charge on any atom is 0.230 e. The molecule has 1 aliphatic rings. The van der Waals surface area contributed by atoms with E-state index in [1.807, 2.05) is 97.1 Å². The number of nitrogens with two attached hydrogens (primary N) is 2. The summed E-state index contributed by atoms with van der Waals surface area (Å²) in [5.74, 6) is 3.17. The minimum Gasteiger partial charge on any atom is -0.394 e. The van der Waals surface area contributed by atoms with Crippen molar-refractivity contribution < 1.29 is 39.2 Å². The van der Waals surface area contributed by atoms with E-state index >= 15 is 0 Å². The number of aliphatic hydroxyl groups is 3. The Labute approximate surface area is 306 Å². The number of nitrogens with one attached hydrogen (secondary N) is 2. The first-order valence-electron chi connectivity index (χ1n) is 16.9. The van der Waals surface area contributed by atoms with E-state index in [9.17, 15) is 29.7 Å². The lowest BCUT2D eigenvalue weighted by Gasteiger charge is -2.42. The average molecular weight is 729 g/mol. The lowest BCUT2D eigenvalue weighted by Crippen LogP contribution is -2.65. The fourth-order valence-electron chi connectivity index (χ4n) is 6.25. The summed E-state index contributed by atoms with van der Waals surface area (Å²) in [6, 6.07) is 34.6. The van der Waals surface area contributed by atoms with Crippen LogP contribution in [0.5, 0.6) is 0 Å². The van der Waals surface area contributed by atoms with Crippen molar-refractivity contribution >= 4 is 29.2 Å². The van der Waals surface area contributed by atoms with Gasteiger partial charge in [0.25, 0.3) is 0 Å². The number of carbonyl (C=O) groups is 3. The second-order valence-electron chi connectivity index (χ2n) is 12.4. The second-order valence-corrected chi connectivity index (χ2v) is 13.6. The molecule has 7 atom stereocenters. The fourth-order valence-corrected chi connectivity index (χ4v) is 7.59. The first kappa shape index (κ1) is 38.9. The molecule has 1 fully saturated rings. The molecule has 4 aromatic rings. The molecule has 1 aliphatic heterocycles. The number of thioether (sulfide) groups is 1. The largest absolute Gasteiger partial charge is 0.394 e. The molecule has 3 unspecified atom stereocenters. The molecule has 0 radical (unpaired) electrons. The predicted molar refractivity (Wildman–Crippen MR) is 197 cm³/mol. The Kier molecular flexibility index (Phi) is 13.8. The van der Waals surface area contributed by atoms with Crippen LogP contribution in [0.25, 0.3) is 0 Å². The first-order valence-corrected chi connectivity index (χ1v) is 17.9. The van der Waals surface area contributed by atoms with Crippen molar-refractivity contribution in [3.05, 3.63) is 144 Å². The van der Waals surface area contributed by atoms with Gasteiger partial charge < -0.3 is 35.8 Å². The average Bonchev–Trinajstić information content (AvgIpc) is 3.19. The van der Waals surface area contributed by atoms with Crippen molar-refractivity contribution in [1.29, 1.82) is 0 Å². The van der Waals surface area contributed by atoms with Crippen molar-refractivity contribution in [2.45, 2.75) is 53.9 Å². The zero-order valence-electron chi connectivity index (χ0n) is 28.4. The summed E-state index contributed by atoms with van der Waals surface area (Å²) < 4.78 is 10.7. The normalized spacial score (nSPS) is 21.5. The zero-order chi connectivity index (χ0) is 37.1. The van der Waals surface area contributed by atoms with Crippen molar-refractivity contribution in [2.75, 3.05) is 19.0 Å². The summed E-state index contributed by atoms with van der Waals surface area (Å²) in [4.78, 5) is 39.8. The Bertz CT molecular complexity index is 1640. The molecule has 1 amide bonds. The summed E-state index contributed by atoms with van der Waals surface area (Å²) in [5, 5.41) is 34.4. The van der Waals surface area contributed by atoms with Gasteiger partial charge in [-0.1, -0.05) is 121 Å². The van der Waals surface area contributed by atoms with E-state index < -0.39 is 78.2 Å². The third kappa shape index (κ3) is 9.01. The number of rotatable bonds is 17. The van der Waals surface area contributed by atoms with Crippen LogP contribution in [0, 0.1) is 0 Å². The number of aliphatic hydroxyl groups excluding tert-OH is 3. The van der Waals surface area contributed by atoms with Crippen LogP contribution in [0.2, 0.25) is 0 Å². The van der Waals surface area contributed by atoms with E-state index in [2.05, 4.69) is 10.7 Å². The van der Waals surface area contributed by atoms with Crippen LogP contribution in [0.4, 0.5) is 0 Å². The Morgan fingerprint density at radius 3 is 1.77 bits per heavy atom. The van der Waals surface area contributed by atoms with E-state index in [1.165, 1.54) is 11.8 Å². The van der Waals surface area contributed by atoms with Crippen molar-refractivity contribution in [2.24, 2.45) is 11.6 Å². The van der Waals surface area contributed by atoms with Crippen LogP contribution in [0.3, 0.4) is 0 Å². The first-order chi connectivity index (χ1) is 25.2. The van der Waals surface area contributed by atoms with E-state index in [1.54, 1.807) is 24.3 Å². The molecule has 5 rings (SSSR count). The number of hydrogen-bond acceptors (Lipinski definition) is 12. The maximum atomic E-state index is 13.8. The third-order valence-corrected chi connectivity index (χ3v) is 10.5. The summed E-state index contributed by atoms with van der Waals surface area (Å²) in [7, 11) is 0. The Morgan fingerprint density at radius 1 is 0.788 bits per heavy atom. The van der Waals surface area contributed by atoms with E-state index in [-0.39, 0.29) is 12.2 Å². The molecule has 1 heterocycles. The standard InChI is InChI=1S/C39H44N4O8S/c40-29(34(46)35(47)30(43-41)21-25-13-5-1-6-14-25)23-50-38-33(37(49)36(48)31(22-44)51-38)42-32(45)24-52-39(26-15-7-2-8-16-26,27-17-9-3-10-18-27)28-19-11-4-12-20-28/h1-20,29-31,33,36-38,43-44,48-49H,21-24,40-41H2,(H,42,45)/t29-,30-,31?,33-,36+,37?,38?/m0/s1. The van der Waals surface area contributed by atoms with E-state index in [4.69, 9.17) is 21.1 Å². The van der Waals surface area contributed by atoms with Gasteiger partial charge in [-0.3, -0.25) is 20.2 Å². The Morgan fingerprint density at radius 2 is 1.29 bits per heavy atom. The lowest BCUT2D eigenvalue weighted by molar-refractivity contribution is -0.270. The zero-order valence-corrected chi connectivity index (χ0v) is 29.2. The number of Topliss-reactive ketones (excluding diaryl/α,β-unsaturated/α-hetero) is 2. The number of carbonyl (C=O) groups excluding carboxylic acids is 3. The number of benzene rings is 4. The molecule has 9 N–H and O–H groups in total. The number of hydrazine groups is 1. The van der Waals surface area contributed by atoms with Crippen LogP contribution in [0.15, 0.2) is 121 Å². The molecular formula is C39H44N4O8S. The van der Waals surface area contributed by atoms with E-state index in [0.29, 0.717) is 0 Å². The van der Waals surface area contributed by atoms with Gasteiger partial charge in [0, 0.05) is 0 Å². The number of ketones is 2. The minimum absolute atomic E-state index is 0.102. The SMILES string of the molecule is NN[C@@H](Cc1ccccc1)C(=O)C(=O)[C@@H](N)COC1OC(CO)[C@@H](O)C(O)[C@@H]1NC(=O)CSC(c1ccccc1)(c1ccccc1)c1ccccc1. The summed E-state index contributed by atoms with van der Waals surface area (Å²) in [6.07, 6.45) is -5.78. The summed E-state index contributed by atoms with van der Waals surface area (Å²) in [5.41, 5.74) is 12.1. The number of hydrogen-bond donors (Lipinski definition) is 7. The van der Waals surface area contributed by atoms with Crippen molar-refractivity contribution in [1.82, 2.24) is 10.7 Å². The Balaban J connectivity index is 1.32. The van der Waals surface area contributed by atoms with Gasteiger partial charge in [-0.05, 0) is 28.7 Å². The molecule has 0 aromatic heterocycles. The van der Waals surface area contributed by atoms with Crippen molar-refractivity contribution in [3.8, 4) is 0 Å². The molecule has 13 heteroatoms. The number of ether oxygens (including phenoxy) is 2. The maximum absolute atomic E-state index is 13.8. The highest BCUT2D eigenvalue weighted by Crippen LogP contribution is 2.48. The van der Waals surface area contributed by atoms with Gasteiger partial charge in [0.15, 0.2) is 6.29 Å². The van der Waals surface area contributed by atoms with Gasteiger partial charge in [0.05, 0.1) is 35.8 Å². The predicted octanol–water partition coefficient (Wildman–Crippen LogP) is 1.19. The Hall–Kier alpha value is -4.28. The highest BCUT2D eigenvalue weighted by molar-refractivity contribution is 8.01. The molecule has 0 saturated carbocycles. The molecule has 274 valence electrons. The molecule has 12 nitrogen and oxygen atoms in total. The van der Waals surface area contributed by atoms with E-state index in [0.717, 1.165) is 22.3 Å². The van der Waals surface area contributed by atoms with Crippen LogP contribution in [-0.4, -0.2) is 94.5 Å². The van der Waals surface area contributed by atoms with Crippen LogP contribution in [0.1, 0.15) is 22.3 Å².